The fourth-order valence-electron chi connectivity index (χ4n) is 3.11. The molecule has 2 aromatic heterocycles. The second-order valence-corrected chi connectivity index (χ2v) is 11.2. The number of amides is 1. The van der Waals surface area contributed by atoms with Crippen LogP contribution < -0.4 is 5.73 Å². The number of sulfonamides is 1. The van der Waals surface area contributed by atoms with Crippen molar-refractivity contribution in [3.05, 3.63) is 51.2 Å². The molecule has 0 spiro atoms. The number of piperazine rings is 1. The Balaban J connectivity index is 1.47. The zero-order valence-corrected chi connectivity index (χ0v) is 18.3. The molecule has 3 N–H and O–H groups in total. The molecule has 1 aromatic carbocycles. The highest BCUT2D eigenvalue weighted by molar-refractivity contribution is 7.91. The molecule has 0 unspecified atom stereocenters. The standard InChI is InChI=1S/C18H17ClN4O3S3/c19-13-2-1-11-8-16(28-14(11)9-13)29(25,26)23-5-3-22(4-6-23)18(24)15-7-12(10-27-15)17(20)21/h1-2,7-10H,3-6H2,(H3,20,21). The molecular weight excluding hydrogens is 452 g/mol. The monoisotopic (exact) mass is 468 g/mol. The lowest BCUT2D eigenvalue weighted by Gasteiger charge is -2.33. The molecule has 0 radical (unpaired) electrons. The molecule has 1 amide bonds. The van der Waals surface area contributed by atoms with Crippen molar-refractivity contribution in [1.82, 2.24) is 9.21 Å². The fraction of sp³-hybridized carbons (Fsp3) is 0.222. The SMILES string of the molecule is N=C(N)c1csc(C(=O)N2CCN(S(=O)(=O)c3cc4ccc(Cl)cc4s3)CC2)c1. The highest BCUT2D eigenvalue weighted by atomic mass is 35.5. The lowest BCUT2D eigenvalue weighted by atomic mass is 10.2. The summed E-state index contributed by atoms with van der Waals surface area (Å²) in [6.45, 7) is 1.08. The summed E-state index contributed by atoms with van der Waals surface area (Å²) in [6.07, 6.45) is 0. The number of nitrogens with two attached hydrogens (primary N) is 1. The van der Waals surface area contributed by atoms with Gasteiger partial charge in [0.05, 0.1) is 4.88 Å². The van der Waals surface area contributed by atoms with Gasteiger partial charge in [0.25, 0.3) is 15.9 Å². The van der Waals surface area contributed by atoms with E-state index in [9.17, 15) is 13.2 Å². The van der Waals surface area contributed by atoms with Crippen molar-refractivity contribution in [1.29, 1.82) is 5.41 Å². The van der Waals surface area contributed by atoms with Gasteiger partial charge in [-0.2, -0.15) is 4.31 Å². The first kappa shape index (κ1) is 20.3. The molecular formula is C18H17ClN4O3S3. The van der Waals surface area contributed by atoms with Gasteiger partial charge in [0.1, 0.15) is 10.0 Å². The minimum absolute atomic E-state index is 0.0826. The van der Waals surface area contributed by atoms with Crippen molar-refractivity contribution < 1.29 is 13.2 Å². The third-order valence-electron chi connectivity index (χ3n) is 4.70. The zero-order chi connectivity index (χ0) is 20.8. The summed E-state index contributed by atoms with van der Waals surface area (Å²) in [7, 11) is -3.63. The molecule has 3 heterocycles. The van der Waals surface area contributed by atoms with E-state index in [1.807, 2.05) is 0 Å². The van der Waals surface area contributed by atoms with Crippen LogP contribution in [-0.4, -0.2) is 55.5 Å². The average molecular weight is 469 g/mol. The van der Waals surface area contributed by atoms with Crippen LogP contribution >= 0.6 is 34.3 Å². The smallest absolute Gasteiger partial charge is 0.264 e. The van der Waals surface area contributed by atoms with Gasteiger partial charge in [-0.05, 0) is 29.7 Å². The van der Waals surface area contributed by atoms with Crippen LogP contribution in [-0.2, 0) is 10.0 Å². The number of nitrogens with zero attached hydrogens (tertiary/aromatic N) is 2. The van der Waals surface area contributed by atoms with Gasteiger partial charge in [-0.1, -0.05) is 17.7 Å². The van der Waals surface area contributed by atoms with Crippen LogP contribution in [0.2, 0.25) is 5.02 Å². The maximum Gasteiger partial charge on any atom is 0.264 e. The lowest BCUT2D eigenvalue weighted by Crippen LogP contribution is -2.50. The summed E-state index contributed by atoms with van der Waals surface area (Å²) in [5.41, 5.74) is 5.97. The lowest BCUT2D eigenvalue weighted by molar-refractivity contribution is 0.0703. The van der Waals surface area contributed by atoms with Gasteiger partial charge in [0.15, 0.2) is 0 Å². The molecule has 152 valence electrons. The number of nitrogens with one attached hydrogen (secondary N) is 1. The van der Waals surface area contributed by atoms with Crippen molar-refractivity contribution in [2.45, 2.75) is 4.21 Å². The highest BCUT2D eigenvalue weighted by Crippen LogP contribution is 2.33. The van der Waals surface area contributed by atoms with Gasteiger partial charge in [-0.3, -0.25) is 10.2 Å². The van der Waals surface area contributed by atoms with Crippen molar-refractivity contribution >= 4 is 66.1 Å². The maximum atomic E-state index is 13.0. The predicted octanol–water partition coefficient (Wildman–Crippen LogP) is 3.05. The molecule has 11 heteroatoms. The Morgan fingerprint density at radius 2 is 1.86 bits per heavy atom. The highest BCUT2D eigenvalue weighted by Gasteiger charge is 2.32. The van der Waals surface area contributed by atoms with Crippen molar-refractivity contribution in [3.63, 3.8) is 0 Å². The first-order valence-electron chi connectivity index (χ1n) is 8.67. The Bertz CT molecular complexity index is 1210. The second kappa shape index (κ2) is 7.69. The van der Waals surface area contributed by atoms with Crippen molar-refractivity contribution in [3.8, 4) is 0 Å². The normalized spacial score (nSPS) is 15.7. The number of hydrogen-bond acceptors (Lipinski definition) is 6. The van der Waals surface area contributed by atoms with Gasteiger partial charge >= 0.3 is 0 Å². The molecule has 0 atom stereocenters. The second-order valence-electron chi connectivity index (χ2n) is 6.56. The summed E-state index contributed by atoms with van der Waals surface area (Å²) in [4.78, 5) is 14.8. The molecule has 4 rings (SSSR count). The van der Waals surface area contributed by atoms with E-state index in [1.165, 1.54) is 27.0 Å². The van der Waals surface area contributed by atoms with Crippen LogP contribution in [0.3, 0.4) is 0 Å². The number of nitrogen functional groups attached to an aromatic ring is 1. The number of carbonyl (C=O) groups is 1. The Morgan fingerprint density at radius 3 is 2.52 bits per heavy atom. The van der Waals surface area contributed by atoms with Crippen LogP contribution in [0.25, 0.3) is 10.1 Å². The number of halogens is 1. The number of benzene rings is 1. The number of thiophene rings is 2. The summed E-state index contributed by atoms with van der Waals surface area (Å²) < 4.78 is 28.6. The van der Waals surface area contributed by atoms with Gasteiger partial charge in [0, 0.05) is 46.8 Å². The van der Waals surface area contributed by atoms with E-state index in [4.69, 9.17) is 22.7 Å². The van der Waals surface area contributed by atoms with Gasteiger partial charge in [-0.15, -0.1) is 22.7 Å². The third kappa shape index (κ3) is 3.90. The topological polar surface area (TPSA) is 108 Å². The van der Waals surface area contributed by atoms with E-state index >= 15 is 0 Å². The molecule has 1 saturated heterocycles. The number of rotatable bonds is 4. The molecule has 3 aromatic rings. The van der Waals surface area contributed by atoms with Crippen molar-refractivity contribution in [2.75, 3.05) is 26.2 Å². The molecule has 0 bridgehead atoms. The Kier molecular flexibility index (Phi) is 5.38. The first-order chi connectivity index (χ1) is 13.8. The minimum Gasteiger partial charge on any atom is -0.384 e. The zero-order valence-electron chi connectivity index (χ0n) is 15.1. The Hall–Kier alpha value is -1.98. The molecule has 0 saturated carbocycles. The van der Waals surface area contributed by atoms with Crippen molar-refractivity contribution in [2.24, 2.45) is 5.73 Å². The predicted molar refractivity (Wildman–Crippen MR) is 117 cm³/mol. The van der Waals surface area contributed by atoms with Crippen LogP contribution in [0.4, 0.5) is 0 Å². The van der Waals surface area contributed by atoms with Gasteiger partial charge in [0.2, 0.25) is 0 Å². The fourth-order valence-corrected chi connectivity index (χ4v) is 7.24. The van der Waals surface area contributed by atoms with Crippen LogP contribution in [0, 0.1) is 5.41 Å². The van der Waals surface area contributed by atoms with E-state index < -0.39 is 10.0 Å². The molecule has 1 aliphatic heterocycles. The average Bonchev–Trinajstić information content (AvgIpc) is 3.35. The Labute approximate surface area is 180 Å². The van der Waals surface area contributed by atoms with E-state index in [0.717, 1.165) is 10.1 Å². The number of amidine groups is 1. The van der Waals surface area contributed by atoms with Crippen LogP contribution in [0.15, 0.2) is 39.9 Å². The van der Waals surface area contributed by atoms with E-state index in [-0.39, 0.29) is 29.0 Å². The quantitative estimate of drug-likeness (QED) is 0.453. The number of carbonyl (C=O) groups excluding carboxylic acids is 1. The number of fused-ring (bicyclic) bond motifs is 1. The van der Waals surface area contributed by atoms with Gasteiger partial charge in [-0.25, -0.2) is 8.42 Å². The molecule has 0 aliphatic carbocycles. The van der Waals surface area contributed by atoms with E-state index in [0.29, 0.717) is 28.6 Å². The molecule has 7 nitrogen and oxygen atoms in total. The summed E-state index contributed by atoms with van der Waals surface area (Å²) in [5.74, 6) is -0.253. The summed E-state index contributed by atoms with van der Waals surface area (Å²) >= 11 is 8.43. The van der Waals surface area contributed by atoms with Crippen LogP contribution in [0.5, 0.6) is 0 Å². The Morgan fingerprint density at radius 1 is 1.14 bits per heavy atom. The largest absolute Gasteiger partial charge is 0.384 e. The van der Waals surface area contributed by atoms with E-state index in [1.54, 1.807) is 40.6 Å². The van der Waals surface area contributed by atoms with E-state index in [2.05, 4.69) is 0 Å². The molecule has 29 heavy (non-hydrogen) atoms. The minimum atomic E-state index is -3.63. The third-order valence-corrected chi connectivity index (χ3v) is 9.30. The first-order valence-corrected chi connectivity index (χ1v) is 12.2. The van der Waals surface area contributed by atoms with Gasteiger partial charge < -0.3 is 10.6 Å². The summed E-state index contributed by atoms with van der Waals surface area (Å²) in [5, 5.41) is 10.5. The molecule has 1 aliphatic rings. The summed E-state index contributed by atoms with van der Waals surface area (Å²) in [6, 6.07) is 8.56. The number of hydrogen-bond donors (Lipinski definition) is 2. The molecule has 1 fully saturated rings. The maximum absolute atomic E-state index is 13.0. The van der Waals surface area contributed by atoms with Crippen LogP contribution in [0.1, 0.15) is 15.2 Å².